The summed E-state index contributed by atoms with van der Waals surface area (Å²) in [6.45, 7) is 0.627. The van der Waals surface area contributed by atoms with Gasteiger partial charge < -0.3 is 15.8 Å². The Hall–Kier alpha value is -1.91. The number of amides is 1. The number of hydrogen-bond donors (Lipinski definition) is 2. The van der Waals surface area contributed by atoms with E-state index in [1.807, 2.05) is 0 Å². The van der Waals surface area contributed by atoms with Crippen molar-refractivity contribution in [1.82, 2.24) is 19.9 Å². The van der Waals surface area contributed by atoms with Crippen LogP contribution in [0.4, 0.5) is 13.2 Å². The number of fused-ring (bicyclic) bond motifs is 1. The molecule has 0 unspecified atom stereocenters. The van der Waals surface area contributed by atoms with Gasteiger partial charge in [0.2, 0.25) is 5.91 Å². The summed E-state index contributed by atoms with van der Waals surface area (Å²) in [6, 6.07) is 0.783. The third-order valence-corrected chi connectivity index (χ3v) is 4.38. The Morgan fingerprint density at radius 3 is 2.72 bits per heavy atom. The summed E-state index contributed by atoms with van der Waals surface area (Å²) in [6.07, 6.45) is -2.99. The van der Waals surface area contributed by atoms with Gasteiger partial charge in [0.25, 0.3) is 0 Å². The lowest BCUT2D eigenvalue weighted by Crippen LogP contribution is -2.56. The molecule has 0 aromatic carbocycles. The van der Waals surface area contributed by atoms with Gasteiger partial charge in [-0.05, 0) is 18.9 Å². The first-order chi connectivity index (χ1) is 11.7. The summed E-state index contributed by atoms with van der Waals surface area (Å²) in [5.74, 6) is -0.294. The van der Waals surface area contributed by atoms with E-state index in [0.717, 1.165) is 16.7 Å². The van der Waals surface area contributed by atoms with Crippen LogP contribution in [-0.2, 0) is 22.3 Å². The lowest BCUT2D eigenvalue weighted by molar-refractivity contribution is -0.138. The van der Waals surface area contributed by atoms with Crippen molar-refractivity contribution in [1.29, 1.82) is 0 Å². The van der Waals surface area contributed by atoms with Crippen molar-refractivity contribution < 1.29 is 22.7 Å². The fraction of sp³-hybridized carbons (Fsp3) is 0.500. The van der Waals surface area contributed by atoms with E-state index in [4.69, 9.17) is 22.1 Å². The summed E-state index contributed by atoms with van der Waals surface area (Å²) in [7, 11) is 0. The molecule has 0 spiro atoms. The van der Waals surface area contributed by atoms with Gasteiger partial charge in [-0.3, -0.25) is 9.20 Å². The van der Waals surface area contributed by atoms with Gasteiger partial charge in [0.15, 0.2) is 11.5 Å². The van der Waals surface area contributed by atoms with Crippen LogP contribution in [0.2, 0.25) is 5.02 Å². The van der Waals surface area contributed by atoms with E-state index in [1.54, 1.807) is 0 Å². The van der Waals surface area contributed by atoms with Crippen molar-refractivity contribution in [2.24, 2.45) is 5.73 Å². The van der Waals surface area contributed by atoms with Crippen LogP contribution in [0.3, 0.4) is 0 Å². The van der Waals surface area contributed by atoms with Crippen molar-refractivity contribution in [3.05, 3.63) is 28.7 Å². The van der Waals surface area contributed by atoms with Gasteiger partial charge in [0.1, 0.15) is 0 Å². The molecule has 7 nitrogen and oxygen atoms in total. The van der Waals surface area contributed by atoms with Gasteiger partial charge in [-0.1, -0.05) is 11.6 Å². The predicted octanol–water partition coefficient (Wildman–Crippen LogP) is 1.53. The highest BCUT2D eigenvalue weighted by Gasteiger charge is 2.36. The molecule has 1 aliphatic rings. The second-order valence-corrected chi connectivity index (χ2v) is 6.24. The summed E-state index contributed by atoms with van der Waals surface area (Å²) in [4.78, 5) is 12.3. The van der Waals surface area contributed by atoms with Crippen LogP contribution in [-0.4, -0.2) is 39.3 Å². The highest BCUT2D eigenvalue weighted by atomic mass is 35.5. The molecule has 3 heterocycles. The number of nitrogens with two attached hydrogens (primary N) is 1. The van der Waals surface area contributed by atoms with Crippen molar-refractivity contribution in [3.8, 4) is 0 Å². The molecule has 11 heteroatoms. The minimum Gasteiger partial charge on any atom is -0.381 e. The maximum atomic E-state index is 12.9. The number of carbonyl (C=O) groups is 1. The zero-order chi connectivity index (χ0) is 18.2. The highest BCUT2D eigenvalue weighted by molar-refractivity contribution is 6.33. The SMILES string of the molecule is NC1(C(=O)NCc2nnc3c(Cl)cc(C(F)(F)F)cn23)CCOCC1. The number of carbonyl (C=O) groups excluding carboxylic acids is 1. The molecule has 0 atom stereocenters. The van der Waals surface area contributed by atoms with Crippen LogP contribution in [0, 0.1) is 0 Å². The molecular formula is C14H15ClF3N5O2. The molecule has 1 amide bonds. The van der Waals surface area contributed by atoms with Crippen molar-refractivity contribution >= 4 is 23.2 Å². The van der Waals surface area contributed by atoms with Crippen LogP contribution < -0.4 is 11.1 Å². The van der Waals surface area contributed by atoms with E-state index < -0.39 is 23.2 Å². The number of nitrogens with zero attached hydrogens (tertiary/aromatic N) is 3. The maximum Gasteiger partial charge on any atom is 0.417 e. The lowest BCUT2D eigenvalue weighted by atomic mass is 9.90. The topological polar surface area (TPSA) is 94.5 Å². The summed E-state index contributed by atoms with van der Waals surface area (Å²) >= 11 is 5.84. The number of aromatic nitrogens is 3. The van der Waals surface area contributed by atoms with E-state index in [0.29, 0.717) is 26.1 Å². The second kappa shape index (κ2) is 6.43. The van der Waals surface area contributed by atoms with Gasteiger partial charge in [0, 0.05) is 19.4 Å². The normalized spacial score (nSPS) is 17.6. The number of alkyl halides is 3. The third-order valence-electron chi connectivity index (χ3n) is 4.10. The van der Waals surface area contributed by atoms with E-state index in [9.17, 15) is 18.0 Å². The standard InChI is InChI=1S/C14H15ClF3N5O2/c15-9-5-8(14(16,17)18)7-23-10(21-22-11(9)23)6-20-12(24)13(19)1-3-25-4-2-13/h5,7H,1-4,6,19H2,(H,20,24). The molecule has 2 aromatic heterocycles. The molecule has 3 rings (SSSR count). The average molecular weight is 378 g/mol. The molecule has 0 radical (unpaired) electrons. The summed E-state index contributed by atoms with van der Waals surface area (Å²) in [5, 5.41) is 9.98. The first-order valence-corrected chi connectivity index (χ1v) is 7.84. The van der Waals surface area contributed by atoms with E-state index >= 15 is 0 Å². The monoisotopic (exact) mass is 377 g/mol. The molecular weight excluding hydrogens is 363 g/mol. The van der Waals surface area contributed by atoms with Crippen molar-refractivity contribution in [2.45, 2.75) is 31.1 Å². The Bertz CT molecular complexity index is 802. The molecule has 0 saturated carbocycles. The Morgan fingerprint density at radius 1 is 1.40 bits per heavy atom. The van der Waals surface area contributed by atoms with Crippen LogP contribution in [0.5, 0.6) is 0 Å². The van der Waals surface area contributed by atoms with Gasteiger partial charge in [0.05, 0.1) is 22.7 Å². The average Bonchev–Trinajstić information content (AvgIpc) is 2.96. The minimum absolute atomic E-state index is 0.0763. The minimum atomic E-state index is -4.56. The molecule has 1 saturated heterocycles. The third kappa shape index (κ3) is 3.55. The molecule has 3 N–H and O–H groups in total. The zero-order valence-electron chi connectivity index (χ0n) is 12.9. The second-order valence-electron chi connectivity index (χ2n) is 5.84. The Balaban J connectivity index is 1.82. The molecule has 0 bridgehead atoms. The predicted molar refractivity (Wildman–Crippen MR) is 81.8 cm³/mol. The Morgan fingerprint density at radius 2 is 2.08 bits per heavy atom. The van der Waals surface area contributed by atoms with Gasteiger partial charge in [-0.25, -0.2) is 0 Å². The number of nitrogens with one attached hydrogen (secondary N) is 1. The molecule has 1 fully saturated rings. The van der Waals surface area contributed by atoms with Gasteiger partial charge >= 0.3 is 6.18 Å². The van der Waals surface area contributed by atoms with Crippen LogP contribution in [0.15, 0.2) is 12.3 Å². The quantitative estimate of drug-likeness (QED) is 0.845. The largest absolute Gasteiger partial charge is 0.417 e. The van der Waals surface area contributed by atoms with E-state index in [1.165, 1.54) is 0 Å². The number of hydrogen-bond acceptors (Lipinski definition) is 5. The van der Waals surface area contributed by atoms with Crippen LogP contribution >= 0.6 is 11.6 Å². The lowest BCUT2D eigenvalue weighted by Gasteiger charge is -2.31. The van der Waals surface area contributed by atoms with Crippen molar-refractivity contribution in [3.63, 3.8) is 0 Å². The van der Waals surface area contributed by atoms with Gasteiger partial charge in [-0.2, -0.15) is 13.2 Å². The van der Waals surface area contributed by atoms with Crippen LogP contribution in [0.25, 0.3) is 5.65 Å². The fourth-order valence-electron chi connectivity index (χ4n) is 2.57. The Kier molecular flexibility index (Phi) is 4.60. The highest BCUT2D eigenvalue weighted by Crippen LogP contribution is 2.32. The molecule has 1 aliphatic heterocycles. The molecule has 136 valence electrons. The smallest absolute Gasteiger partial charge is 0.381 e. The first kappa shape index (κ1) is 17.9. The van der Waals surface area contributed by atoms with E-state index in [2.05, 4.69) is 15.5 Å². The van der Waals surface area contributed by atoms with Gasteiger partial charge in [-0.15, -0.1) is 10.2 Å². The number of halogens is 4. The Labute approximate surface area is 145 Å². The molecule has 0 aliphatic carbocycles. The molecule has 2 aromatic rings. The van der Waals surface area contributed by atoms with Crippen LogP contribution in [0.1, 0.15) is 24.2 Å². The maximum absolute atomic E-state index is 12.9. The first-order valence-electron chi connectivity index (χ1n) is 7.46. The molecule has 25 heavy (non-hydrogen) atoms. The fourth-order valence-corrected chi connectivity index (χ4v) is 2.82. The summed E-state index contributed by atoms with van der Waals surface area (Å²) < 4.78 is 45.1. The number of pyridine rings is 1. The number of ether oxygens (including phenoxy) is 1. The number of rotatable bonds is 3. The van der Waals surface area contributed by atoms with Crippen molar-refractivity contribution in [2.75, 3.05) is 13.2 Å². The van der Waals surface area contributed by atoms with E-state index in [-0.39, 0.29) is 23.0 Å². The summed E-state index contributed by atoms with van der Waals surface area (Å²) in [5.41, 5.74) is 4.14. The zero-order valence-corrected chi connectivity index (χ0v) is 13.7.